The first-order valence-corrected chi connectivity index (χ1v) is 7.96. The van der Waals surface area contributed by atoms with Gasteiger partial charge in [0, 0.05) is 44.8 Å². The van der Waals surface area contributed by atoms with E-state index < -0.39 is 0 Å². The third kappa shape index (κ3) is 6.23. The number of benzene rings is 1. The number of hydrogen-bond donors (Lipinski definition) is 3. The molecule has 2 aromatic rings. The lowest BCUT2D eigenvalue weighted by Gasteiger charge is -2.08. The number of carbonyl (C=O) groups is 2. The summed E-state index contributed by atoms with van der Waals surface area (Å²) in [6, 6.07) is 10.7. The summed E-state index contributed by atoms with van der Waals surface area (Å²) < 4.78 is 4.94. The van der Waals surface area contributed by atoms with Crippen LogP contribution in [0.4, 0.5) is 17.2 Å². The molecule has 7 nitrogen and oxygen atoms in total. The highest BCUT2D eigenvalue weighted by molar-refractivity contribution is 5.94. The van der Waals surface area contributed by atoms with Gasteiger partial charge in [0.2, 0.25) is 5.91 Å². The molecule has 0 aliphatic rings. The number of nitrogens with one attached hydrogen (secondary N) is 3. The minimum Gasteiger partial charge on any atom is -0.385 e. The van der Waals surface area contributed by atoms with Crippen LogP contribution in [-0.4, -0.2) is 37.1 Å². The van der Waals surface area contributed by atoms with Crippen LogP contribution in [-0.2, 0) is 9.53 Å². The van der Waals surface area contributed by atoms with Crippen LogP contribution >= 0.6 is 0 Å². The molecule has 7 heteroatoms. The second-order valence-corrected chi connectivity index (χ2v) is 5.42. The summed E-state index contributed by atoms with van der Waals surface area (Å²) in [5.74, 6) is 0.358. The van der Waals surface area contributed by atoms with Crippen LogP contribution in [0.2, 0.25) is 0 Å². The Morgan fingerprint density at radius 1 is 1.08 bits per heavy atom. The number of nitrogens with zero attached hydrogens (tertiary/aromatic N) is 1. The smallest absolute Gasteiger partial charge is 0.252 e. The molecular formula is C18H22N4O3. The zero-order chi connectivity index (χ0) is 18.1. The highest BCUT2D eigenvalue weighted by atomic mass is 16.5. The third-order valence-electron chi connectivity index (χ3n) is 3.31. The Morgan fingerprint density at radius 2 is 1.80 bits per heavy atom. The second kappa shape index (κ2) is 9.39. The van der Waals surface area contributed by atoms with E-state index in [0.717, 1.165) is 17.8 Å². The number of anilines is 3. The van der Waals surface area contributed by atoms with Crippen LogP contribution in [0.5, 0.6) is 0 Å². The van der Waals surface area contributed by atoms with E-state index in [-0.39, 0.29) is 11.8 Å². The van der Waals surface area contributed by atoms with Crippen molar-refractivity contribution in [2.24, 2.45) is 0 Å². The van der Waals surface area contributed by atoms with Crippen LogP contribution in [0.3, 0.4) is 0 Å². The Hall–Kier alpha value is -2.93. The van der Waals surface area contributed by atoms with Crippen LogP contribution < -0.4 is 16.0 Å². The Bertz CT molecular complexity index is 699. The largest absolute Gasteiger partial charge is 0.385 e. The van der Waals surface area contributed by atoms with E-state index >= 15 is 0 Å². The molecule has 1 aromatic carbocycles. The molecule has 2 rings (SSSR count). The van der Waals surface area contributed by atoms with Crippen molar-refractivity contribution in [3.63, 3.8) is 0 Å². The van der Waals surface area contributed by atoms with Gasteiger partial charge in [-0.3, -0.25) is 9.59 Å². The van der Waals surface area contributed by atoms with Crippen molar-refractivity contribution in [1.82, 2.24) is 10.3 Å². The molecule has 132 valence electrons. The first-order valence-electron chi connectivity index (χ1n) is 7.96. The highest BCUT2D eigenvalue weighted by Gasteiger charge is 2.05. The van der Waals surface area contributed by atoms with Crippen molar-refractivity contribution in [2.75, 3.05) is 30.9 Å². The van der Waals surface area contributed by atoms with Gasteiger partial charge in [0.05, 0.1) is 5.56 Å². The fourth-order valence-corrected chi connectivity index (χ4v) is 2.11. The van der Waals surface area contributed by atoms with Crippen LogP contribution in [0.15, 0.2) is 42.6 Å². The molecule has 0 aliphatic carbocycles. The fraction of sp³-hybridized carbons (Fsp3) is 0.278. The summed E-state index contributed by atoms with van der Waals surface area (Å²) in [6.07, 6.45) is 2.30. The van der Waals surface area contributed by atoms with Gasteiger partial charge >= 0.3 is 0 Å². The topological polar surface area (TPSA) is 92.4 Å². The van der Waals surface area contributed by atoms with Gasteiger partial charge in [-0.1, -0.05) is 0 Å². The Morgan fingerprint density at radius 3 is 2.40 bits per heavy atom. The van der Waals surface area contributed by atoms with Gasteiger partial charge in [-0.05, 0) is 42.8 Å². The lowest BCUT2D eigenvalue weighted by molar-refractivity contribution is -0.114. The number of rotatable bonds is 8. The van der Waals surface area contributed by atoms with Crippen LogP contribution in [0.1, 0.15) is 23.7 Å². The summed E-state index contributed by atoms with van der Waals surface area (Å²) in [5, 5.41) is 8.66. The zero-order valence-corrected chi connectivity index (χ0v) is 14.3. The number of methoxy groups -OCH3 is 1. The molecule has 1 heterocycles. The van der Waals surface area contributed by atoms with Crippen molar-refractivity contribution < 1.29 is 14.3 Å². The van der Waals surface area contributed by atoms with E-state index in [1.807, 2.05) is 12.1 Å². The third-order valence-corrected chi connectivity index (χ3v) is 3.31. The number of carbonyl (C=O) groups excluding carboxylic acids is 2. The first-order chi connectivity index (χ1) is 12.1. The van der Waals surface area contributed by atoms with Gasteiger partial charge in [0.25, 0.3) is 5.91 Å². The molecule has 1 aromatic heterocycles. The van der Waals surface area contributed by atoms with Crippen molar-refractivity contribution in [3.8, 4) is 0 Å². The van der Waals surface area contributed by atoms with Gasteiger partial charge in [0.15, 0.2) is 0 Å². The lowest BCUT2D eigenvalue weighted by atomic mass is 10.2. The standard InChI is InChI=1S/C18H22N4O3/c1-13(23)21-15-5-7-16(8-6-15)22-17-9-4-14(12-20-17)18(24)19-10-3-11-25-2/h4-9,12H,3,10-11H2,1-2H3,(H,19,24)(H,20,22)(H,21,23). The molecule has 0 aliphatic heterocycles. The quantitative estimate of drug-likeness (QED) is 0.641. The van der Waals surface area contributed by atoms with E-state index in [4.69, 9.17) is 4.74 Å². The maximum absolute atomic E-state index is 12.0. The van der Waals surface area contributed by atoms with Crippen molar-refractivity contribution in [1.29, 1.82) is 0 Å². The van der Waals surface area contributed by atoms with Crippen LogP contribution in [0, 0.1) is 0 Å². The summed E-state index contributed by atoms with van der Waals surface area (Å²) in [5.41, 5.74) is 2.06. The molecule has 0 spiro atoms. The van der Waals surface area contributed by atoms with E-state index in [0.29, 0.717) is 24.5 Å². The molecule has 3 N–H and O–H groups in total. The van der Waals surface area contributed by atoms with Crippen molar-refractivity contribution in [2.45, 2.75) is 13.3 Å². The minimum atomic E-state index is -0.158. The monoisotopic (exact) mass is 342 g/mol. The van der Waals surface area contributed by atoms with E-state index in [9.17, 15) is 9.59 Å². The summed E-state index contributed by atoms with van der Waals surface area (Å²) in [7, 11) is 1.63. The SMILES string of the molecule is COCCCNC(=O)c1ccc(Nc2ccc(NC(C)=O)cc2)nc1. The summed E-state index contributed by atoms with van der Waals surface area (Å²) in [6.45, 7) is 2.64. The van der Waals surface area contributed by atoms with Crippen molar-refractivity contribution >= 4 is 29.0 Å². The maximum Gasteiger partial charge on any atom is 0.252 e. The van der Waals surface area contributed by atoms with Gasteiger partial charge in [-0.25, -0.2) is 4.98 Å². The number of amides is 2. The van der Waals surface area contributed by atoms with E-state index in [2.05, 4.69) is 20.9 Å². The fourth-order valence-electron chi connectivity index (χ4n) is 2.11. The predicted octanol–water partition coefficient (Wildman–Crippen LogP) is 2.55. The highest BCUT2D eigenvalue weighted by Crippen LogP contribution is 2.17. The zero-order valence-electron chi connectivity index (χ0n) is 14.3. The number of aromatic nitrogens is 1. The molecule has 0 radical (unpaired) electrons. The molecule has 0 unspecified atom stereocenters. The summed E-state index contributed by atoms with van der Waals surface area (Å²) in [4.78, 5) is 27.2. The molecule has 0 bridgehead atoms. The molecule has 0 saturated carbocycles. The molecule has 0 fully saturated rings. The molecule has 2 amide bonds. The molecule has 0 saturated heterocycles. The minimum absolute atomic E-state index is 0.113. The molecular weight excluding hydrogens is 320 g/mol. The van der Waals surface area contributed by atoms with Crippen LogP contribution in [0.25, 0.3) is 0 Å². The Labute approximate surface area is 146 Å². The average Bonchev–Trinajstić information content (AvgIpc) is 2.60. The molecule has 0 atom stereocenters. The predicted molar refractivity (Wildman–Crippen MR) is 97.1 cm³/mol. The van der Waals surface area contributed by atoms with E-state index in [1.54, 1.807) is 31.4 Å². The maximum atomic E-state index is 12.0. The Balaban J connectivity index is 1.89. The first kappa shape index (κ1) is 18.4. The number of hydrogen-bond acceptors (Lipinski definition) is 5. The Kier molecular flexibility index (Phi) is 6.91. The van der Waals surface area contributed by atoms with Gasteiger partial charge in [0.1, 0.15) is 5.82 Å². The van der Waals surface area contributed by atoms with Gasteiger partial charge < -0.3 is 20.7 Å². The molecule has 25 heavy (non-hydrogen) atoms. The summed E-state index contributed by atoms with van der Waals surface area (Å²) >= 11 is 0. The number of pyridine rings is 1. The van der Waals surface area contributed by atoms with Gasteiger partial charge in [-0.15, -0.1) is 0 Å². The number of ether oxygens (including phenoxy) is 1. The van der Waals surface area contributed by atoms with Gasteiger partial charge in [-0.2, -0.15) is 0 Å². The van der Waals surface area contributed by atoms with E-state index in [1.165, 1.54) is 13.1 Å². The normalized spacial score (nSPS) is 10.2. The second-order valence-electron chi connectivity index (χ2n) is 5.42. The van der Waals surface area contributed by atoms with Crippen molar-refractivity contribution in [3.05, 3.63) is 48.2 Å². The average molecular weight is 342 g/mol. The lowest BCUT2D eigenvalue weighted by Crippen LogP contribution is -2.25.